The van der Waals surface area contributed by atoms with E-state index >= 15 is 0 Å². The van der Waals surface area contributed by atoms with Crippen molar-refractivity contribution in [2.45, 2.75) is 13.8 Å². The summed E-state index contributed by atoms with van der Waals surface area (Å²) >= 11 is 0. The molecule has 0 heterocycles. The number of carbonyl (C=O) groups is 1. The summed E-state index contributed by atoms with van der Waals surface area (Å²) in [5, 5.41) is 0. The first-order chi connectivity index (χ1) is 9.21. The first kappa shape index (κ1) is 15.2. The van der Waals surface area contributed by atoms with E-state index in [-0.39, 0.29) is 12.7 Å². The van der Waals surface area contributed by atoms with E-state index in [1.165, 1.54) is 0 Å². The summed E-state index contributed by atoms with van der Waals surface area (Å²) in [5.74, 6) is 0.777. The maximum absolute atomic E-state index is 11.8. The van der Waals surface area contributed by atoms with Crippen molar-refractivity contribution < 1.29 is 14.3 Å². The lowest BCUT2D eigenvalue weighted by Crippen LogP contribution is -2.28. The van der Waals surface area contributed by atoms with Crippen LogP contribution in [0.5, 0.6) is 5.75 Å². The second-order valence-electron chi connectivity index (χ2n) is 3.96. The van der Waals surface area contributed by atoms with E-state index < -0.39 is 0 Å². The number of nitrogens with zero attached hydrogens (tertiary/aromatic N) is 1. The normalized spacial score (nSPS) is 10.7. The Morgan fingerprint density at radius 1 is 1.21 bits per heavy atom. The number of likely N-dealkylation sites (N-methyl/N-ethyl adjacent to an activating group) is 1. The van der Waals surface area contributed by atoms with Crippen LogP contribution in [0.25, 0.3) is 6.08 Å². The van der Waals surface area contributed by atoms with E-state index in [1.54, 1.807) is 24.2 Å². The van der Waals surface area contributed by atoms with Crippen molar-refractivity contribution in [3.05, 3.63) is 35.9 Å². The average Bonchev–Trinajstić information content (AvgIpc) is 2.45. The Labute approximate surface area is 114 Å². The summed E-state index contributed by atoms with van der Waals surface area (Å²) in [6.45, 7) is 5.62. The summed E-state index contributed by atoms with van der Waals surface area (Å²) in [6.07, 6.45) is 3.40. The summed E-state index contributed by atoms with van der Waals surface area (Å²) in [6, 6.07) is 7.50. The zero-order valence-electron chi connectivity index (χ0n) is 11.8. The van der Waals surface area contributed by atoms with Gasteiger partial charge in [0.15, 0.2) is 6.79 Å². The first-order valence-corrected chi connectivity index (χ1v) is 6.40. The molecule has 0 radical (unpaired) electrons. The fourth-order valence-corrected chi connectivity index (χ4v) is 1.61. The van der Waals surface area contributed by atoms with Crippen molar-refractivity contribution in [3.63, 3.8) is 0 Å². The molecule has 0 saturated heterocycles. The van der Waals surface area contributed by atoms with Gasteiger partial charge in [0, 0.05) is 26.3 Å². The Hall–Kier alpha value is -1.81. The molecule has 1 rings (SSSR count). The van der Waals surface area contributed by atoms with Crippen LogP contribution in [-0.2, 0) is 9.53 Å². The SMILES string of the molecule is CCN(CC)C(=O)/C=C/c1ccc(OCOC)cc1. The second kappa shape index (κ2) is 8.32. The Morgan fingerprint density at radius 2 is 1.84 bits per heavy atom. The van der Waals surface area contributed by atoms with E-state index in [9.17, 15) is 4.79 Å². The van der Waals surface area contributed by atoms with E-state index in [0.29, 0.717) is 0 Å². The highest BCUT2D eigenvalue weighted by Crippen LogP contribution is 2.13. The van der Waals surface area contributed by atoms with Gasteiger partial charge in [-0.3, -0.25) is 4.79 Å². The fraction of sp³-hybridized carbons (Fsp3) is 0.400. The highest BCUT2D eigenvalue weighted by Gasteiger charge is 2.04. The molecule has 4 nitrogen and oxygen atoms in total. The lowest BCUT2D eigenvalue weighted by Gasteiger charge is -2.15. The van der Waals surface area contributed by atoms with E-state index in [2.05, 4.69) is 0 Å². The van der Waals surface area contributed by atoms with Crippen molar-refractivity contribution in [1.29, 1.82) is 0 Å². The zero-order chi connectivity index (χ0) is 14.1. The number of rotatable bonds is 7. The summed E-state index contributed by atoms with van der Waals surface area (Å²) < 4.78 is 10.1. The van der Waals surface area contributed by atoms with Gasteiger partial charge in [0.1, 0.15) is 5.75 Å². The molecule has 0 aliphatic heterocycles. The highest BCUT2D eigenvalue weighted by molar-refractivity contribution is 5.91. The lowest BCUT2D eigenvalue weighted by molar-refractivity contribution is -0.125. The Morgan fingerprint density at radius 3 is 2.37 bits per heavy atom. The van der Waals surface area contributed by atoms with Gasteiger partial charge < -0.3 is 14.4 Å². The van der Waals surface area contributed by atoms with Gasteiger partial charge in [0.05, 0.1) is 0 Å². The van der Waals surface area contributed by atoms with Crippen molar-refractivity contribution >= 4 is 12.0 Å². The highest BCUT2D eigenvalue weighted by atomic mass is 16.7. The molecule has 0 N–H and O–H groups in total. The number of hydrogen-bond donors (Lipinski definition) is 0. The van der Waals surface area contributed by atoms with Gasteiger partial charge in [-0.2, -0.15) is 0 Å². The number of benzene rings is 1. The van der Waals surface area contributed by atoms with Gasteiger partial charge in [-0.25, -0.2) is 0 Å². The molecule has 0 fully saturated rings. The quantitative estimate of drug-likeness (QED) is 0.560. The van der Waals surface area contributed by atoms with Crippen LogP contribution in [0.3, 0.4) is 0 Å². The minimum atomic E-state index is 0.0321. The molecule has 4 heteroatoms. The number of hydrogen-bond acceptors (Lipinski definition) is 3. The van der Waals surface area contributed by atoms with Crippen LogP contribution in [0.1, 0.15) is 19.4 Å². The number of carbonyl (C=O) groups excluding carboxylic acids is 1. The van der Waals surface area contributed by atoms with Crippen LogP contribution in [0.15, 0.2) is 30.3 Å². The molecule has 0 aliphatic rings. The smallest absolute Gasteiger partial charge is 0.246 e. The van der Waals surface area contributed by atoms with Gasteiger partial charge >= 0.3 is 0 Å². The molecule has 0 saturated carbocycles. The van der Waals surface area contributed by atoms with Gasteiger partial charge in [0.2, 0.25) is 5.91 Å². The molecule has 1 aromatic rings. The van der Waals surface area contributed by atoms with E-state index in [4.69, 9.17) is 9.47 Å². The summed E-state index contributed by atoms with van der Waals surface area (Å²) in [5.41, 5.74) is 0.963. The predicted octanol–water partition coefficient (Wildman–Crippen LogP) is 2.55. The van der Waals surface area contributed by atoms with Crippen molar-refractivity contribution in [3.8, 4) is 5.75 Å². The maximum Gasteiger partial charge on any atom is 0.246 e. The topological polar surface area (TPSA) is 38.8 Å². The third-order valence-electron chi connectivity index (χ3n) is 2.72. The molecule has 0 atom stereocenters. The Balaban J connectivity index is 2.59. The van der Waals surface area contributed by atoms with Crippen LogP contribution in [0, 0.1) is 0 Å². The van der Waals surface area contributed by atoms with Crippen LogP contribution in [0.2, 0.25) is 0 Å². The number of amides is 1. The molecule has 1 amide bonds. The molecular formula is C15H21NO3. The Kier molecular flexibility index (Phi) is 6.68. The minimum absolute atomic E-state index is 0.0321. The minimum Gasteiger partial charge on any atom is -0.468 e. The molecule has 0 aliphatic carbocycles. The van der Waals surface area contributed by atoms with Crippen molar-refractivity contribution in [1.82, 2.24) is 4.90 Å². The molecule has 19 heavy (non-hydrogen) atoms. The number of ether oxygens (including phenoxy) is 2. The molecule has 104 valence electrons. The van der Waals surface area contributed by atoms with Gasteiger partial charge in [0.25, 0.3) is 0 Å². The largest absolute Gasteiger partial charge is 0.468 e. The van der Waals surface area contributed by atoms with Crippen LogP contribution in [0.4, 0.5) is 0 Å². The molecule has 0 unspecified atom stereocenters. The fourth-order valence-electron chi connectivity index (χ4n) is 1.61. The third-order valence-corrected chi connectivity index (χ3v) is 2.72. The van der Waals surface area contributed by atoms with Crippen LogP contribution < -0.4 is 4.74 Å². The number of methoxy groups -OCH3 is 1. The van der Waals surface area contributed by atoms with E-state index in [1.807, 2.05) is 38.1 Å². The first-order valence-electron chi connectivity index (χ1n) is 6.40. The van der Waals surface area contributed by atoms with Gasteiger partial charge in [-0.1, -0.05) is 12.1 Å². The standard InChI is InChI=1S/C15H21NO3/c1-4-16(5-2)15(17)11-8-13-6-9-14(10-7-13)19-12-18-3/h6-11H,4-5,12H2,1-3H3/b11-8+. The zero-order valence-corrected chi connectivity index (χ0v) is 11.8. The summed E-state index contributed by atoms with van der Waals surface area (Å²) in [4.78, 5) is 13.6. The lowest BCUT2D eigenvalue weighted by atomic mass is 10.2. The van der Waals surface area contributed by atoms with Crippen molar-refractivity contribution in [2.24, 2.45) is 0 Å². The second-order valence-corrected chi connectivity index (χ2v) is 3.96. The monoisotopic (exact) mass is 263 g/mol. The average molecular weight is 263 g/mol. The molecule has 0 bridgehead atoms. The molecule has 0 spiro atoms. The van der Waals surface area contributed by atoms with Crippen molar-refractivity contribution in [2.75, 3.05) is 27.0 Å². The molecule has 1 aromatic carbocycles. The van der Waals surface area contributed by atoms with Crippen LogP contribution >= 0.6 is 0 Å². The Bertz CT molecular complexity index is 408. The predicted molar refractivity (Wildman–Crippen MR) is 75.9 cm³/mol. The summed E-state index contributed by atoms with van der Waals surface area (Å²) in [7, 11) is 1.58. The van der Waals surface area contributed by atoms with Gasteiger partial charge in [-0.05, 0) is 37.6 Å². The van der Waals surface area contributed by atoms with Gasteiger partial charge in [-0.15, -0.1) is 0 Å². The maximum atomic E-state index is 11.8. The molecule has 0 aromatic heterocycles. The molecular weight excluding hydrogens is 242 g/mol. The van der Waals surface area contributed by atoms with E-state index in [0.717, 1.165) is 24.4 Å². The third kappa shape index (κ3) is 5.14. The van der Waals surface area contributed by atoms with Crippen LogP contribution in [-0.4, -0.2) is 37.8 Å².